The Morgan fingerprint density at radius 3 is 2.86 bits per heavy atom. The Labute approximate surface area is 121 Å². The molecule has 0 bridgehead atoms. The highest BCUT2D eigenvalue weighted by Gasteiger charge is 2.24. The maximum absolute atomic E-state index is 13.5. The molecule has 5 nitrogen and oxygen atoms in total. The first-order valence-electron chi connectivity index (χ1n) is 6.68. The van der Waals surface area contributed by atoms with E-state index in [0.717, 1.165) is 11.1 Å². The number of nitrogens with zero attached hydrogens (tertiary/aromatic N) is 2. The first kappa shape index (κ1) is 13.5. The number of nitrogen functional groups attached to an aromatic ring is 1. The van der Waals surface area contributed by atoms with Crippen molar-refractivity contribution in [1.82, 2.24) is 4.98 Å². The number of aromatic nitrogens is 1. The van der Waals surface area contributed by atoms with Crippen LogP contribution in [0, 0.1) is 5.82 Å². The van der Waals surface area contributed by atoms with Gasteiger partial charge in [-0.05, 0) is 35.7 Å². The van der Waals surface area contributed by atoms with Crippen LogP contribution in [0.4, 0.5) is 15.9 Å². The summed E-state index contributed by atoms with van der Waals surface area (Å²) < 4.78 is 13.5. The fourth-order valence-corrected chi connectivity index (χ4v) is 2.47. The number of benzene rings is 1. The summed E-state index contributed by atoms with van der Waals surface area (Å²) in [5, 5.41) is 0. The Kier molecular flexibility index (Phi) is 3.53. The maximum atomic E-state index is 13.5. The SMILES string of the molecule is NNc1ccc(CN2C(=O)CCc3ccc(F)cc32)cn1. The third-order valence-electron chi connectivity index (χ3n) is 3.56. The highest BCUT2D eigenvalue weighted by molar-refractivity contribution is 5.96. The summed E-state index contributed by atoms with van der Waals surface area (Å²) >= 11 is 0. The molecule has 108 valence electrons. The number of halogens is 1. The Balaban J connectivity index is 1.90. The van der Waals surface area contributed by atoms with E-state index in [0.29, 0.717) is 30.9 Å². The molecule has 2 heterocycles. The molecule has 21 heavy (non-hydrogen) atoms. The van der Waals surface area contributed by atoms with Gasteiger partial charge in [-0.3, -0.25) is 4.79 Å². The molecule has 1 aliphatic rings. The van der Waals surface area contributed by atoms with E-state index in [-0.39, 0.29) is 11.7 Å². The largest absolute Gasteiger partial charge is 0.308 e. The normalized spacial score (nSPS) is 14.0. The van der Waals surface area contributed by atoms with Gasteiger partial charge in [0, 0.05) is 12.6 Å². The van der Waals surface area contributed by atoms with Gasteiger partial charge < -0.3 is 10.3 Å². The van der Waals surface area contributed by atoms with Gasteiger partial charge in [-0.15, -0.1) is 0 Å². The zero-order chi connectivity index (χ0) is 14.8. The monoisotopic (exact) mass is 286 g/mol. The van der Waals surface area contributed by atoms with Gasteiger partial charge in [0.05, 0.1) is 12.2 Å². The molecular formula is C15H15FN4O. The third-order valence-corrected chi connectivity index (χ3v) is 3.56. The summed E-state index contributed by atoms with van der Waals surface area (Å²) in [6.07, 6.45) is 2.74. The minimum atomic E-state index is -0.339. The van der Waals surface area contributed by atoms with Gasteiger partial charge in [0.15, 0.2) is 0 Å². The number of nitrogens with two attached hydrogens (primary N) is 1. The van der Waals surface area contributed by atoms with Gasteiger partial charge in [-0.25, -0.2) is 15.2 Å². The summed E-state index contributed by atoms with van der Waals surface area (Å²) in [4.78, 5) is 17.9. The van der Waals surface area contributed by atoms with E-state index in [1.54, 1.807) is 23.2 Å². The second kappa shape index (κ2) is 5.49. The van der Waals surface area contributed by atoms with Crippen molar-refractivity contribution in [1.29, 1.82) is 0 Å². The zero-order valence-electron chi connectivity index (χ0n) is 11.3. The number of carbonyl (C=O) groups is 1. The minimum Gasteiger partial charge on any atom is -0.308 e. The number of carbonyl (C=O) groups excluding carboxylic acids is 1. The minimum absolute atomic E-state index is 0.00544. The molecule has 1 aromatic heterocycles. The van der Waals surface area contributed by atoms with Crippen LogP contribution >= 0.6 is 0 Å². The number of nitrogens with one attached hydrogen (secondary N) is 1. The second-order valence-electron chi connectivity index (χ2n) is 4.95. The number of rotatable bonds is 3. The van der Waals surface area contributed by atoms with Crippen LogP contribution in [0.25, 0.3) is 0 Å². The maximum Gasteiger partial charge on any atom is 0.227 e. The molecule has 6 heteroatoms. The van der Waals surface area contributed by atoms with E-state index in [2.05, 4.69) is 10.4 Å². The predicted molar refractivity (Wildman–Crippen MR) is 78.0 cm³/mol. The Morgan fingerprint density at radius 1 is 1.29 bits per heavy atom. The van der Waals surface area contributed by atoms with Crippen molar-refractivity contribution in [2.45, 2.75) is 19.4 Å². The van der Waals surface area contributed by atoms with Crippen molar-refractivity contribution in [3.8, 4) is 0 Å². The standard InChI is InChI=1S/C15H15FN4O/c16-12-4-2-11-3-6-15(21)20(13(11)7-12)9-10-1-5-14(19-17)18-8-10/h1-2,4-5,7-8H,3,6,9,17H2,(H,18,19). The zero-order valence-corrected chi connectivity index (χ0v) is 11.3. The molecule has 0 radical (unpaired) electrons. The second-order valence-corrected chi connectivity index (χ2v) is 4.95. The van der Waals surface area contributed by atoms with Gasteiger partial charge in [-0.2, -0.15) is 0 Å². The molecule has 0 saturated heterocycles. The molecule has 2 aromatic rings. The lowest BCUT2D eigenvalue weighted by atomic mass is 10.0. The number of fused-ring (bicyclic) bond motifs is 1. The lowest BCUT2D eigenvalue weighted by Gasteiger charge is -2.29. The Morgan fingerprint density at radius 2 is 2.14 bits per heavy atom. The third kappa shape index (κ3) is 2.71. The van der Waals surface area contributed by atoms with E-state index in [1.807, 2.05) is 6.07 Å². The molecule has 1 amide bonds. The topological polar surface area (TPSA) is 71.2 Å². The van der Waals surface area contributed by atoms with Crippen molar-refractivity contribution in [3.05, 3.63) is 53.5 Å². The van der Waals surface area contributed by atoms with Gasteiger partial charge in [0.25, 0.3) is 0 Å². The fraction of sp³-hybridized carbons (Fsp3) is 0.200. The van der Waals surface area contributed by atoms with Gasteiger partial charge in [-0.1, -0.05) is 12.1 Å². The molecule has 0 fully saturated rings. The average Bonchev–Trinajstić information content (AvgIpc) is 2.51. The van der Waals surface area contributed by atoms with Crippen LogP contribution in [0.2, 0.25) is 0 Å². The summed E-state index contributed by atoms with van der Waals surface area (Å²) in [5.74, 6) is 5.47. The van der Waals surface area contributed by atoms with Crippen LogP contribution in [-0.4, -0.2) is 10.9 Å². The number of aryl methyl sites for hydroxylation is 1. The van der Waals surface area contributed by atoms with E-state index >= 15 is 0 Å². The average molecular weight is 286 g/mol. The van der Waals surface area contributed by atoms with Crippen molar-refractivity contribution < 1.29 is 9.18 Å². The molecule has 0 atom stereocenters. The van der Waals surface area contributed by atoms with E-state index in [9.17, 15) is 9.18 Å². The van der Waals surface area contributed by atoms with Crippen molar-refractivity contribution >= 4 is 17.4 Å². The summed E-state index contributed by atoms with van der Waals surface area (Å²) in [6, 6.07) is 8.15. The molecule has 0 saturated carbocycles. The predicted octanol–water partition coefficient (Wildman–Crippen LogP) is 1.99. The van der Waals surface area contributed by atoms with Crippen LogP contribution < -0.4 is 16.2 Å². The lowest BCUT2D eigenvalue weighted by molar-refractivity contribution is -0.119. The molecule has 0 unspecified atom stereocenters. The fourth-order valence-electron chi connectivity index (χ4n) is 2.47. The smallest absolute Gasteiger partial charge is 0.227 e. The number of anilines is 2. The van der Waals surface area contributed by atoms with Crippen molar-refractivity contribution in [3.63, 3.8) is 0 Å². The van der Waals surface area contributed by atoms with Crippen LogP contribution in [0.1, 0.15) is 17.5 Å². The summed E-state index contributed by atoms with van der Waals surface area (Å²) in [6.45, 7) is 0.368. The van der Waals surface area contributed by atoms with E-state index in [1.165, 1.54) is 12.1 Å². The number of hydrazine groups is 1. The highest BCUT2D eigenvalue weighted by Crippen LogP contribution is 2.29. The summed E-state index contributed by atoms with van der Waals surface area (Å²) in [7, 11) is 0. The first-order chi connectivity index (χ1) is 10.2. The first-order valence-corrected chi connectivity index (χ1v) is 6.68. The summed E-state index contributed by atoms with van der Waals surface area (Å²) in [5.41, 5.74) is 4.94. The molecule has 1 aromatic carbocycles. The number of amides is 1. The van der Waals surface area contributed by atoms with Gasteiger partial charge in [0.1, 0.15) is 11.6 Å². The number of hydrogen-bond donors (Lipinski definition) is 2. The molecule has 3 rings (SSSR count). The quantitative estimate of drug-likeness (QED) is 0.668. The highest BCUT2D eigenvalue weighted by atomic mass is 19.1. The molecule has 1 aliphatic heterocycles. The molecule has 0 aliphatic carbocycles. The molecular weight excluding hydrogens is 271 g/mol. The Bertz CT molecular complexity index is 672. The van der Waals surface area contributed by atoms with E-state index in [4.69, 9.17) is 5.84 Å². The van der Waals surface area contributed by atoms with Crippen LogP contribution in [0.5, 0.6) is 0 Å². The number of pyridine rings is 1. The van der Waals surface area contributed by atoms with E-state index < -0.39 is 0 Å². The molecule has 0 spiro atoms. The van der Waals surface area contributed by atoms with Crippen molar-refractivity contribution in [2.75, 3.05) is 10.3 Å². The van der Waals surface area contributed by atoms with Crippen LogP contribution in [0.15, 0.2) is 36.5 Å². The number of hydrogen-bond acceptors (Lipinski definition) is 4. The Hall–Kier alpha value is -2.47. The van der Waals surface area contributed by atoms with Crippen LogP contribution in [0.3, 0.4) is 0 Å². The van der Waals surface area contributed by atoms with Gasteiger partial charge in [0.2, 0.25) is 5.91 Å². The van der Waals surface area contributed by atoms with Gasteiger partial charge >= 0.3 is 0 Å². The molecule has 3 N–H and O–H groups in total. The lowest BCUT2D eigenvalue weighted by Crippen LogP contribution is -2.34. The van der Waals surface area contributed by atoms with Crippen molar-refractivity contribution in [2.24, 2.45) is 5.84 Å². The van der Waals surface area contributed by atoms with Crippen LogP contribution in [-0.2, 0) is 17.8 Å².